The van der Waals surface area contributed by atoms with Crippen LogP contribution in [0.4, 0.5) is 0 Å². The molecule has 0 aliphatic carbocycles. The van der Waals surface area contributed by atoms with Gasteiger partial charge >= 0.3 is 0 Å². The van der Waals surface area contributed by atoms with Crippen LogP contribution in [0.15, 0.2) is 59.4 Å². The second-order valence-electron chi connectivity index (χ2n) is 7.68. The average molecular weight is 416 g/mol. The Bertz CT molecular complexity index is 1180. The van der Waals surface area contributed by atoms with E-state index < -0.39 is 0 Å². The van der Waals surface area contributed by atoms with E-state index in [1.165, 1.54) is 0 Å². The molecule has 0 saturated carbocycles. The van der Waals surface area contributed by atoms with E-state index in [0.29, 0.717) is 28.8 Å². The third-order valence-corrected chi connectivity index (χ3v) is 5.07. The molecule has 8 nitrogen and oxygen atoms in total. The summed E-state index contributed by atoms with van der Waals surface area (Å²) in [5.41, 5.74) is 2.98. The van der Waals surface area contributed by atoms with Gasteiger partial charge in [-0.15, -0.1) is 0 Å². The van der Waals surface area contributed by atoms with Crippen molar-refractivity contribution in [2.24, 2.45) is 0 Å². The number of carbonyl (C=O) groups excluding carboxylic acids is 1. The zero-order valence-corrected chi connectivity index (χ0v) is 17.9. The third kappa shape index (κ3) is 4.23. The molecule has 4 aromatic rings. The fourth-order valence-corrected chi connectivity index (χ4v) is 3.19. The van der Waals surface area contributed by atoms with Crippen molar-refractivity contribution in [1.82, 2.24) is 30.2 Å². The highest BCUT2D eigenvalue weighted by Gasteiger charge is 2.18. The lowest BCUT2D eigenvalue weighted by atomic mass is 10.1. The van der Waals surface area contributed by atoms with E-state index in [0.717, 1.165) is 11.1 Å². The molecule has 4 rings (SSSR count). The maximum Gasteiger partial charge on any atom is 0.259 e. The maximum absolute atomic E-state index is 12.8. The van der Waals surface area contributed by atoms with Crippen molar-refractivity contribution >= 4 is 5.91 Å². The van der Waals surface area contributed by atoms with Crippen LogP contribution in [0.2, 0.25) is 0 Å². The first kappa shape index (κ1) is 20.5. The number of pyridine rings is 1. The molecule has 1 aromatic carbocycles. The Hall–Kier alpha value is -3.81. The van der Waals surface area contributed by atoms with Crippen LogP contribution in [0.1, 0.15) is 60.2 Å². The smallest absolute Gasteiger partial charge is 0.259 e. The van der Waals surface area contributed by atoms with Gasteiger partial charge in [0.15, 0.2) is 11.6 Å². The lowest BCUT2D eigenvalue weighted by Gasteiger charge is -2.14. The lowest BCUT2D eigenvalue weighted by molar-refractivity contribution is 0.0939. The molecule has 0 spiro atoms. The van der Waals surface area contributed by atoms with Crippen molar-refractivity contribution < 1.29 is 9.32 Å². The molecule has 158 valence electrons. The predicted molar refractivity (Wildman–Crippen MR) is 116 cm³/mol. The van der Waals surface area contributed by atoms with Gasteiger partial charge in [0.25, 0.3) is 11.8 Å². The van der Waals surface area contributed by atoms with E-state index in [9.17, 15) is 4.79 Å². The Morgan fingerprint density at radius 2 is 1.84 bits per heavy atom. The summed E-state index contributed by atoms with van der Waals surface area (Å²) in [6.07, 6.45) is 3.22. The van der Waals surface area contributed by atoms with Gasteiger partial charge in [0.05, 0.1) is 29.1 Å². The maximum atomic E-state index is 12.8. The molecule has 0 aliphatic rings. The van der Waals surface area contributed by atoms with Crippen LogP contribution in [0, 0.1) is 6.92 Å². The number of nitrogens with zero attached hydrogens (tertiary/aromatic N) is 5. The van der Waals surface area contributed by atoms with Crippen LogP contribution in [-0.4, -0.2) is 30.8 Å². The van der Waals surface area contributed by atoms with Crippen LogP contribution in [0.25, 0.3) is 17.3 Å². The highest BCUT2D eigenvalue weighted by atomic mass is 16.5. The van der Waals surface area contributed by atoms with Gasteiger partial charge in [0, 0.05) is 12.1 Å². The Morgan fingerprint density at radius 1 is 1.06 bits per heavy atom. The Morgan fingerprint density at radius 3 is 2.48 bits per heavy atom. The minimum Gasteiger partial charge on any atom is -0.345 e. The summed E-state index contributed by atoms with van der Waals surface area (Å²) in [7, 11) is 0. The van der Waals surface area contributed by atoms with E-state index in [1.54, 1.807) is 17.1 Å². The predicted octanol–water partition coefficient (Wildman–Crippen LogP) is 4.24. The second-order valence-corrected chi connectivity index (χ2v) is 7.68. The Kier molecular flexibility index (Phi) is 5.62. The van der Waals surface area contributed by atoms with Crippen LogP contribution < -0.4 is 5.32 Å². The zero-order valence-electron chi connectivity index (χ0n) is 17.9. The van der Waals surface area contributed by atoms with E-state index >= 15 is 0 Å². The highest BCUT2D eigenvalue weighted by Crippen LogP contribution is 2.21. The van der Waals surface area contributed by atoms with E-state index in [1.807, 2.05) is 70.2 Å². The molecule has 0 radical (unpaired) electrons. The summed E-state index contributed by atoms with van der Waals surface area (Å²) in [6, 6.07) is 13.4. The first-order valence-corrected chi connectivity index (χ1v) is 10.1. The van der Waals surface area contributed by atoms with E-state index in [4.69, 9.17) is 4.52 Å². The van der Waals surface area contributed by atoms with Crippen LogP contribution in [-0.2, 0) is 0 Å². The highest BCUT2D eigenvalue weighted by molar-refractivity contribution is 5.95. The van der Waals surface area contributed by atoms with Gasteiger partial charge in [0.1, 0.15) is 0 Å². The van der Waals surface area contributed by atoms with Gasteiger partial charge < -0.3 is 9.84 Å². The Labute approximate surface area is 180 Å². The molecule has 1 atom stereocenters. The molecule has 3 aromatic heterocycles. The Balaban J connectivity index is 1.51. The first-order valence-electron chi connectivity index (χ1n) is 10.1. The van der Waals surface area contributed by atoms with Crippen molar-refractivity contribution in [2.75, 3.05) is 0 Å². The van der Waals surface area contributed by atoms with Gasteiger partial charge in [-0.1, -0.05) is 49.3 Å². The molecule has 8 heteroatoms. The van der Waals surface area contributed by atoms with Crippen LogP contribution in [0.5, 0.6) is 0 Å². The summed E-state index contributed by atoms with van der Waals surface area (Å²) < 4.78 is 6.95. The van der Waals surface area contributed by atoms with Crippen LogP contribution >= 0.6 is 0 Å². The minimum atomic E-state index is -0.177. The monoisotopic (exact) mass is 416 g/mol. The quantitative estimate of drug-likeness (QED) is 0.505. The number of benzene rings is 1. The average Bonchev–Trinajstić information content (AvgIpc) is 3.42. The van der Waals surface area contributed by atoms with Gasteiger partial charge in [0.2, 0.25) is 0 Å². The number of rotatable bonds is 6. The normalized spacial score (nSPS) is 12.2. The molecule has 0 aliphatic heterocycles. The SMILES string of the molecule is Cc1c(C(=O)N[C@@H](C)c2ccccc2)cnn1-c1ccc(-c2nc(C(C)C)no2)cn1. The van der Waals surface area contributed by atoms with Gasteiger partial charge in [-0.05, 0) is 31.5 Å². The summed E-state index contributed by atoms with van der Waals surface area (Å²) in [6.45, 7) is 7.81. The molecule has 0 bridgehead atoms. The molecule has 3 heterocycles. The molecule has 0 fully saturated rings. The number of aromatic nitrogens is 5. The fraction of sp³-hybridized carbons (Fsp3) is 0.261. The molecule has 1 amide bonds. The van der Waals surface area contributed by atoms with Crippen LogP contribution in [0.3, 0.4) is 0 Å². The van der Waals surface area contributed by atoms with E-state index in [-0.39, 0.29) is 17.9 Å². The summed E-state index contributed by atoms with van der Waals surface area (Å²) in [4.78, 5) is 21.6. The number of hydrogen-bond donors (Lipinski definition) is 1. The van der Waals surface area contributed by atoms with E-state index in [2.05, 4.69) is 25.5 Å². The van der Waals surface area contributed by atoms with Crippen molar-refractivity contribution in [1.29, 1.82) is 0 Å². The first-order chi connectivity index (χ1) is 14.9. The van der Waals surface area contributed by atoms with Crippen molar-refractivity contribution in [3.63, 3.8) is 0 Å². The largest absolute Gasteiger partial charge is 0.345 e. The van der Waals surface area contributed by atoms with Crippen molar-refractivity contribution in [2.45, 2.75) is 39.7 Å². The summed E-state index contributed by atoms with van der Waals surface area (Å²) >= 11 is 0. The zero-order chi connectivity index (χ0) is 22.0. The third-order valence-electron chi connectivity index (χ3n) is 5.07. The lowest BCUT2D eigenvalue weighted by Crippen LogP contribution is -2.27. The molecular formula is C23H24N6O2. The molecule has 0 unspecified atom stereocenters. The molecular weight excluding hydrogens is 392 g/mol. The van der Waals surface area contributed by atoms with Crippen molar-refractivity contribution in [3.8, 4) is 17.3 Å². The minimum absolute atomic E-state index is 0.112. The molecule has 0 saturated heterocycles. The number of nitrogens with one attached hydrogen (secondary N) is 1. The fourth-order valence-electron chi connectivity index (χ4n) is 3.19. The number of hydrogen-bond acceptors (Lipinski definition) is 6. The molecule has 31 heavy (non-hydrogen) atoms. The van der Waals surface area contributed by atoms with Gasteiger partial charge in [-0.25, -0.2) is 9.67 Å². The molecule has 1 N–H and O–H groups in total. The van der Waals surface area contributed by atoms with Gasteiger partial charge in [-0.2, -0.15) is 10.1 Å². The van der Waals surface area contributed by atoms with Gasteiger partial charge in [-0.3, -0.25) is 4.79 Å². The number of amides is 1. The van der Waals surface area contributed by atoms with Crippen molar-refractivity contribution in [3.05, 3.63) is 77.5 Å². The summed E-state index contributed by atoms with van der Waals surface area (Å²) in [5, 5.41) is 11.4. The second kappa shape index (κ2) is 8.51. The summed E-state index contributed by atoms with van der Waals surface area (Å²) in [5.74, 6) is 1.69. The standard InChI is InChI=1S/C23H24N6O2/c1-14(2)21-27-23(31-28-21)18-10-11-20(24-12-18)29-16(4)19(13-25-29)22(30)26-15(3)17-8-6-5-7-9-17/h5-15H,1-4H3,(H,26,30)/t15-/m0/s1. The topological polar surface area (TPSA) is 98.7 Å². The number of carbonyl (C=O) groups is 1.